The number of anilines is 1. The first-order valence-corrected chi connectivity index (χ1v) is 8.33. The van der Waals surface area contributed by atoms with Crippen LogP contribution in [0.2, 0.25) is 0 Å². The van der Waals surface area contributed by atoms with Crippen molar-refractivity contribution in [3.05, 3.63) is 54.9 Å². The van der Waals surface area contributed by atoms with Gasteiger partial charge in [0.05, 0.1) is 18.5 Å². The van der Waals surface area contributed by atoms with Gasteiger partial charge >= 0.3 is 0 Å². The second-order valence-corrected chi connectivity index (χ2v) is 5.87. The molecule has 3 N–H and O–H groups in total. The number of ether oxygens (including phenoxy) is 1. The van der Waals surface area contributed by atoms with E-state index in [2.05, 4.69) is 10.4 Å². The quantitative estimate of drug-likeness (QED) is 0.608. The van der Waals surface area contributed by atoms with Crippen LogP contribution in [-0.2, 0) is 16.1 Å². The molecule has 2 amide bonds. The molecule has 0 atom stereocenters. The van der Waals surface area contributed by atoms with E-state index in [9.17, 15) is 9.59 Å². The number of aromatic nitrogens is 2. The Morgan fingerprint density at radius 2 is 1.96 bits per heavy atom. The van der Waals surface area contributed by atoms with Crippen LogP contribution in [0, 0.1) is 0 Å². The average molecular weight is 352 g/mol. The van der Waals surface area contributed by atoms with Gasteiger partial charge in [-0.15, -0.1) is 0 Å². The van der Waals surface area contributed by atoms with Crippen molar-refractivity contribution in [3.63, 3.8) is 0 Å². The smallest absolute Gasteiger partial charge is 0.239 e. The second kappa shape index (κ2) is 8.15. The van der Waals surface area contributed by atoms with Gasteiger partial charge in [-0.05, 0) is 17.9 Å². The predicted octanol–water partition coefficient (Wildman–Crippen LogP) is 2.32. The van der Waals surface area contributed by atoms with E-state index in [0.717, 1.165) is 16.5 Å². The third-order valence-corrected chi connectivity index (χ3v) is 3.79. The van der Waals surface area contributed by atoms with Crippen LogP contribution in [0.3, 0.4) is 0 Å². The first-order valence-electron chi connectivity index (χ1n) is 8.33. The van der Waals surface area contributed by atoms with Gasteiger partial charge in [0.25, 0.3) is 0 Å². The molecule has 7 heteroatoms. The summed E-state index contributed by atoms with van der Waals surface area (Å²) < 4.78 is 7.20. The number of nitrogens with two attached hydrogens (primary N) is 1. The molecule has 0 unspecified atom stereocenters. The molecule has 1 aromatic heterocycles. The largest absolute Gasteiger partial charge is 0.493 e. The molecule has 0 saturated heterocycles. The molecule has 1 heterocycles. The van der Waals surface area contributed by atoms with Crippen molar-refractivity contribution < 1.29 is 14.3 Å². The zero-order valence-electron chi connectivity index (χ0n) is 14.2. The molecule has 134 valence electrons. The van der Waals surface area contributed by atoms with Crippen molar-refractivity contribution in [2.75, 3.05) is 11.9 Å². The minimum Gasteiger partial charge on any atom is -0.493 e. The minimum absolute atomic E-state index is 0.0191. The third kappa shape index (κ3) is 4.60. The summed E-state index contributed by atoms with van der Waals surface area (Å²) >= 11 is 0. The standard InChI is InChI=1S/C19H20N4O3/c20-18(24)13-23-12-15(11-21-23)22-19(25)9-4-10-26-17-8-3-6-14-5-1-2-7-16(14)17/h1-3,5-8,11-12H,4,9-10,13H2,(H2,20,24)(H,22,25). The number of benzene rings is 2. The lowest BCUT2D eigenvalue weighted by atomic mass is 10.1. The van der Waals surface area contributed by atoms with Crippen molar-refractivity contribution in [3.8, 4) is 5.75 Å². The fraction of sp³-hybridized carbons (Fsp3) is 0.211. The Balaban J connectivity index is 1.45. The zero-order chi connectivity index (χ0) is 18.4. The fourth-order valence-corrected chi connectivity index (χ4v) is 2.63. The molecule has 0 aliphatic rings. The number of amides is 2. The molecule has 0 aliphatic heterocycles. The van der Waals surface area contributed by atoms with Gasteiger partial charge in [0.2, 0.25) is 11.8 Å². The molecule has 3 rings (SSSR count). The van der Waals surface area contributed by atoms with Gasteiger partial charge in [-0.3, -0.25) is 14.3 Å². The average Bonchev–Trinajstić information content (AvgIpc) is 3.04. The number of hydrogen-bond acceptors (Lipinski definition) is 4. The van der Waals surface area contributed by atoms with Crippen LogP contribution >= 0.6 is 0 Å². The van der Waals surface area contributed by atoms with E-state index in [1.165, 1.54) is 10.9 Å². The maximum atomic E-state index is 12.0. The van der Waals surface area contributed by atoms with Crippen LogP contribution in [0.25, 0.3) is 10.8 Å². The number of primary amides is 1. The van der Waals surface area contributed by atoms with Gasteiger partial charge in [-0.1, -0.05) is 36.4 Å². The van der Waals surface area contributed by atoms with Crippen molar-refractivity contribution >= 4 is 28.3 Å². The number of fused-ring (bicyclic) bond motifs is 1. The topological polar surface area (TPSA) is 99.2 Å². The molecule has 0 fully saturated rings. The van der Waals surface area contributed by atoms with Gasteiger partial charge in [0.15, 0.2) is 0 Å². The molecule has 0 spiro atoms. The van der Waals surface area contributed by atoms with Crippen LogP contribution in [0.5, 0.6) is 5.75 Å². The van der Waals surface area contributed by atoms with E-state index in [4.69, 9.17) is 10.5 Å². The van der Waals surface area contributed by atoms with Crippen molar-refractivity contribution in [1.82, 2.24) is 9.78 Å². The van der Waals surface area contributed by atoms with Gasteiger partial charge in [0, 0.05) is 18.0 Å². The monoisotopic (exact) mass is 352 g/mol. The molecule has 7 nitrogen and oxygen atoms in total. The maximum Gasteiger partial charge on any atom is 0.239 e. The Bertz CT molecular complexity index is 915. The fourth-order valence-electron chi connectivity index (χ4n) is 2.63. The number of carbonyl (C=O) groups is 2. The Morgan fingerprint density at radius 3 is 2.81 bits per heavy atom. The van der Waals surface area contributed by atoms with Gasteiger partial charge in [-0.25, -0.2) is 0 Å². The first-order chi connectivity index (χ1) is 12.6. The summed E-state index contributed by atoms with van der Waals surface area (Å²) in [4.78, 5) is 22.8. The van der Waals surface area contributed by atoms with Gasteiger partial charge < -0.3 is 15.8 Å². The van der Waals surface area contributed by atoms with Crippen LogP contribution in [0.1, 0.15) is 12.8 Å². The van der Waals surface area contributed by atoms with Crippen LogP contribution in [0.4, 0.5) is 5.69 Å². The van der Waals surface area contributed by atoms with Crippen LogP contribution in [-0.4, -0.2) is 28.2 Å². The summed E-state index contributed by atoms with van der Waals surface area (Å²) in [6, 6.07) is 13.9. The second-order valence-electron chi connectivity index (χ2n) is 5.87. The lowest BCUT2D eigenvalue weighted by Crippen LogP contribution is -2.18. The number of rotatable bonds is 8. The van der Waals surface area contributed by atoms with Gasteiger partial charge in [0.1, 0.15) is 12.3 Å². The summed E-state index contributed by atoms with van der Waals surface area (Å²) in [7, 11) is 0. The summed E-state index contributed by atoms with van der Waals surface area (Å²) in [5, 5.41) is 8.86. The maximum absolute atomic E-state index is 12.0. The summed E-state index contributed by atoms with van der Waals surface area (Å²) in [6.07, 6.45) is 3.96. The summed E-state index contributed by atoms with van der Waals surface area (Å²) in [6.45, 7) is 0.428. The highest BCUT2D eigenvalue weighted by molar-refractivity contribution is 5.90. The molecule has 0 aliphatic carbocycles. The van der Waals surface area contributed by atoms with E-state index >= 15 is 0 Å². The molecule has 0 saturated carbocycles. The van der Waals surface area contributed by atoms with Crippen molar-refractivity contribution in [2.45, 2.75) is 19.4 Å². The SMILES string of the molecule is NC(=O)Cn1cc(NC(=O)CCCOc2cccc3ccccc23)cn1. The van der Waals surface area contributed by atoms with E-state index in [1.807, 2.05) is 42.5 Å². The molecule has 0 radical (unpaired) electrons. The Hall–Kier alpha value is -3.35. The summed E-state index contributed by atoms with van der Waals surface area (Å²) in [5.74, 6) is 0.193. The van der Waals surface area contributed by atoms with Crippen LogP contribution in [0.15, 0.2) is 54.9 Å². The number of hydrogen-bond donors (Lipinski definition) is 2. The zero-order valence-corrected chi connectivity index (χ0v) is 14.2. The molecule has 3 aromatic rings. The minimum atomic E-state index is -0.489. The molecule has 2 aromatic carbocycles. The van der Waals surface area contributed by atoms with Crippen LogP contribution < -0.4 is 15.8 Å². The highest BCUT2D eigenvalue weighted by Gasteiger charge is 2.07. The third-order valence-electron chi connectivity index (χ3n) is 3.79. The Kier molecular flexibility index (Phi) is 5.48. The lowest BCUT2D eigenvalue weighted by molar-refractivity contribution is -0.118. The molecule has 0 bridgehead atoms. The number of nitrogens with one attached hydrogen (secondary N) is 1. The van der Waals surface area contributed by atoms with Gasteiger partial charge in [-0.2, -0.15) is 5.10 Å². The lowest BCUT2D eigenvalue weighted by Gasteiger charge is -2.09. The molecule has 26 heavy (non-hydrogen) atoms. The van der Waals surface area contributed by atoms with E-state index in [0.29, 0.717) is 25.1 Å². The van der Waals surface area contributed by atoms with Crippen molar-refractivity contribution in [1.29, 1.82) is 0 Å². The predicted molar refractivity (Wildman–Crippen MR) is 98.7 cm³/mol. The van der Waals surface area contributed by atoms with Crippen molar-refractivity contribution in [2.24, 2.45) is 5.73 Å². The van der Waals surface area contributed by atoms with E-state index < -0.39 is 5.91 Å². The molecular formula is C19H20N4O3. The Morgan fingerprint density at radius 1 is 1.15 bits per heavy atom. The number of nitrogens with zero attached hydrogens (tertiary/aromatic N) is 2. The highest BCUT2D eigenvalue weighted by atomic mass is 16.5. The Labute approximate surface area is 150 Å². The first kappa shape index (κ1) is 17.5. The number of carbonyl (C=O) groups excluding carboxylic acids is 2. The summed E-state index contributed by atoms with van der Waals surface area (Å²) in [5.41, 5.74) is 5.63. The highest BCUT2D eigenvalue weighted by Crippen LogP contribution is 2.25. The van der Waals surface area contributed by atoms with E-state index in [-0.39, 0.29) is 12.5 Å². The van der Waals surface area contributed by atoms with E-state index in [1.54, 1.807) is 6.20 Å². The normalized spacial score (nSPS) is 10.6. The molecular weight excluding hydrogens is 332 g/mol.